The van der Waals surface area contributed by atoms with Crippen LogP contribution in [0.5, 0.6) is 0 Å². The zero-order valence-electron chi connectivity index (χ0n) is 4.65. The first-order valence-corrected chi connectivity index (χ1v) is 2.77. The third-order valence-electron chi connectivity index (χ3n) is 1.58. The Bertz CT molecular complexity index is 55.1. The van der Waals surface area contributed by atoms with Crippen LogP contribution in [0, 0.1) is 5.92 Å². The van der Waals surface area contributed by atoms with Crippen molar-refractivity contribution in [1.29, 1.82) is 0 Å². The van der Waals surface area contributed by atoms with Crippen molar-refractivity contribution in [1.82, 2.24) is 5.32 Å². The molecule has 7 heavy (non-hydrogen) atoms. The molecular formula is C5H12N2. The van der Waals surface area contributed by atoms with Crippen LogP contribution in [0.1, 0.15) is 6.92 Å². The van der Waals surface area contributed by atoms with Gasteiger partial charge >= 0.3 is 0 Å². The van der Waals surface area contributed by atoms with Gasteiger partial charge in [-0.3, -0.25) is 0 Å². The molecule has 1 unspecified atom stereocenters. The molecule has 2 atom stereocenters. The van der Waals surface area contributed by atoms with Gasteiger partial charge in [-0.2, -0.15) is 0 Å². The van der Waals surface area contributed by atoms with E-state index in [9.17, 15) is 0 Å². The maximum Gasteiger partial charge on any atom is 0.0203 e. The molecule has 42 valence electrons. The van der Waals surface area contributed by atoms with Gasteiger partial charge in [0, 0.05) is 12.6 Å². The highest BCUT2D eigenvalue weighted by atomic mass is 15.0. The van der Waals surface area contributed by atoms with E-state index < -0.39 is 0 Å². The van der Waals surface area contributed by atoms with Gasteiger partial charge in [-0.25, -0.2) is 0 Å². The summed E-state index contributed by atoms with van der Waals surface area (Å²) in [6.45, 7) is 4.27. The largest absolute Gasteiger partial charge is 0.326 e. The molecule has 1 rings (SSSR count). The second kappa shape index (κ2) is 1.80. The van der Waals surface area contributed by atoms with Crippen LogP contribution < -0.4 is 11.1 Å². The Balaban J connectivity index is 2.33. The summed E-state index contributed by atoms with van der Waals surface area (Å²) >= 11 is 0. The Kier molecular flexibility index (Phi) is 1.30. The molecular weight excluding hydrogens is 88.1 g/mol. The summed E-state index contributed by atoms with van der Waals surface area (Å²) in [7, 11) is 0. The Morgan fingerprint density at radius 2 is 2.29 bits per heavy atom. The molecule has 1 aliphatic rings. The van der Waals surface area contributed by atoms with Crippen molar-refractivity contribution in [3.63, 3.8) is 0 Å². The van der Waals surface area contributed by atoms with Crippen LogP contribution in [0.2, 0.25) is 0 Å². The van der Waals surface area contributed by atoms with Crippen molar-refractivity contribution in [2.45, 2.75) is 13.0 Å². The van der Waals surface area contributed by atoms with Gasteiger partial charge in [-0.05, 0) is 12.5 Å². The summed E-state index contributed by atoms with van der Waals surface area (Å²) in [4.78, 5) is 0. The summed E-state index contributed by atoms with van der Waals surface area (Å²) in [6, 6.07) is 0.403. The monoisotopic (exact) mass is 100 g/mol. The van der Waals surface area contributed by atoms with Crippen molar-refractivity contribution < 1.29 is 0 Å². The van der Waals surface area contributed by atoms with Gasteiger partial charge in [0.15, 0.2) is 0 Å². The van der Waals surface area contributed by atoms with Gasteiger partial charge in [-0.15, -0.1) is 0 Å². The van der Waals surface area contributed by atoms with Crippen LogP contribution in [-0.4, -0.2) is 19.1 Å². The molecule has 0 saturated carbocycles. The lowest BCUT2D eigenvalue weighted by Crippen LogP contribution is -2.26. The predicted molar refractivity (Wildman–Crippen MR) is 30.0 cm³/mol. The lowest BCUT2D eigenvalue weighted by molar-refractivity contribution is 0.565. The fourth-order valence-corrected chi connectivity index (χ4v) is 0.830. The molecule has 1 saturated heterocycles. The average molecular weight is 100 g/mol. The number of rotatable bonds is 0. The summed E-state index contributed by atoms with van der Waals surface area (Å²) in [5, 5.41) is 3.20. The van der Waals surface area contributed by atoms with Gasteiger partial charge < -0.3 is 11.1 Å². The van der Waals surface area contributed by atoms with Crippen molar-refractivity contribution in [2.24, 2.45) is 11.7 Å². The molecule has 2 nitrogen and oxygen atoms in total. The summed E-state index contributed by atoms with van der Waals surface area (Å²) in [5.74, 6) is 0.681. The second-order valence-electron chi connectivity index (χ2n) is 2.30. The third kappa shape index (κ3) is 0.924. The minimum atomic E-state index is 0.403. The highest BCUT2D eigenvalue weighted by Crippen LogP contribution is 2.02. The third-order valence-corrected chi connectivity index (χ3v) is 1.58. The molecule has 0 radical (unpaired) electrons. The van der Waals surface area contributed by atoms with Gasteiger partial charge in [0.1, 0.15) is 0 Å². The van der Waals surface area contributed by atoms with E-state index in [1.54, 1.807) is 0 Å². The van der Waals surface area contributed by atoms with Crippen LogP contribution >= 0.6 is 0 Å². The van der Waals surface area contributed by atoms with Crippen LogP contribution in [0.15, 0.2) is 0 Å². The molecule has 2 heteroatoms. The van der Waals surface area contributed by atoms with E-state index in [2.05, 4.69) is 12.2 Å². The first-order valence-electron chi connectivity index (χ1n) is 2.77. The second-order valence-corrected chi connectivity index (χ2v) is 2.30. The van der Waals surface area contributed by atoms with E-state index in [1.807, 2.05) is 0 Å². The Morgan fingerprint density at radius 3 is 2.43 bits per heavy atom. The van der Waals surface area contributed by atoms with Gasteiger partial charge in [0.2, 0.25) is 0 Å². The average Bonchev–Trinajstić information content (AvgIpc) is 1.91. The maximum atomic E-state index is 5.62. The molecule has 0 aromatic carbocycles. The zero-order valence-corrected chi connectivity index (χ0v) is 4.65. The number of nitrogens with two attached hydrogens (primary N) is 1. The van der Waals surface area contributed by atoms with E-state index in [1.165, 1.54) is 0 Å². The Morgan fingerprint density at radius 1 is 1.57 bits per heavy atom. The molecule has 1 fully saturated rings. The van der Waals surface area contributed by atoms with Gasteiger partial charge in [0.25, 0.3) is 0 Å². The van der Waals surface area contributed by atoms with E-state index in [0.29, 0.717) is 12.0 Å². The molecule has 3 N–H and O–H groups in total. The first-order chi connectivity index (χ1) is 3.30. The minimum absolute atomic E-state index is 0.403. The fraction of sp³-hybridized carbons (Fsp3) is 1.00. The standard InChI is InChI=1S/C5H12N2/c1-4-2-7-3-5(4)6/h4-5,7H,2-3,6H2,1H3/t4-,5?/m1/s1. The fourth-order valence-electron chi connectivity index (χ4n) is 0.830. The molecule has 0 bridgehead atoms. The van der Waals surface area contributed by atoms with Crippen LogP contribution in [0.4, 0.5) is 0 Å². The first kappa shape index (κ1) is 5.06. The number of hydrogen-bond donors (Lipinski definition) is 2. The van der Waals surface area contributed by atoms with Crippen LogP contribution in [-0.2, 0) is 0 Å². The normalized spacial score (nSPS) is 42.0. The lowest BCUT2D eigenvalue weighted by atomic mass is 10.1. The van der Waals surface area contributed by atoms with Crippen molar-refractivity contribution in [3.05, 3.63) is 0 Å². The zero-order chi connectivity index (χ0) is 5.28. The Hall–Kier alpha value is -0.0800. The van der Waals surface area contributed by atoms with Gasteiger partial charge in [0.05, 0.1) is 0 Å². The molecule has 0 aromatic rings. The van der Waals surface area contributed by atoms with E-state index in [-0.39, 0.29) is 0 Å². The van der Waals surface area contributed by atoms with Crippen LogP contribution in [0.25, 0.3) is 0 Å². The quantitative estimate of drug-likeness (QED) is 0.433. The molecule has 0 spiro atoms. The smallest absolute Gasteiger partial charge is 0.0203 e. The molecule has 0 amide bonds. The highest BCUT2D eigenvalue weighted by molar-refractivity contribution is 4.79. The van der Waals surface area contributed by atoms with E-state index in [4.69, 9.17) is 5.73 Å². The lowest BCUT2D eigenvalue weighted by Gasteiger charge is -2.03. The summed E-state index contributed by atoms with van der Waals surface area (Å²) in [6.07, 6.45) is 0. The Labute approximate surface area is 44.1 Å². The minimum Gasteiger partial charge on any atom is -0.326 e. The highest BCUT2D eigenvalue weighted by Gasteiger charge is 2.17. The molecule has 1 heterocycles. The maximum absolute atomic E-state index is 5.62. The van der Waals surface area contributed by atoms with E-state index in [0.717, 1.165) is 13.1 Å². The number of nitrogens with one attached hydrogen (secondary N) is 1. The summed E-state index contributed by atoms with van der Waals surface area (Å²) in [5.41, 5.74) is 5.62. The molecule has 0 aromatic heterocycles. The SMILES string of the molecule is C[C@@H]1CNCC1N. The topological polar surface area (TPSA) is 38.0 Å². The molecule has 1 aliphatic heterocycles. The number of hydrogen-bond acceptors (Lipinski definition) is 2. The van der Waals surface area contributed by atoms with Crippen molar-refractivity contribution >= 4 is 0 Å². The van der Waals surface area contributed by atoms with Crippen LogP contribution in [0.3, 0.4) is 0 Å². The molecule has 0 aliphatic carbocycles. The predicted octanol–water partition coefficient (Wildman–Crippen LogP) is -0.447. The summed E-state index contributed by atoms with van der Waals surface area (Å²) < 4.78 is 0. The van der Waals surface area contributed by atoms with Gasteiger partial charge in [-0.1, -0.05) is 6.92 Å². The van der Waals surface area contributed by atoms with Crippen molar-refractivity contribution in [2.75, 3.05) is 13.1 Å². The van der Waals surface area contributed by atoms with E-state index >= 15 is 0 Å². The van der Waals surface area contributed by atoms with Crippen molar-refractivity contribution in [3.8, 4) is 0 Å².